The van der Waals surface area contributed by atoms with Crippen molar-refractivity contribution >= 4 is 28.7 Å². The molecule has 0 aliphatic heterocycles. The first kappa shape index (κ1) is 16.5. The number of hydrogen-bond acceptors (Lipinski definition) is 2. The van der Waals surface area contributed by atoms with E-state index in [1.807, 2.05) is 42.5 Å². The van der Waals surface area contributed by atoms with Crippen molar-refractivity contribution in [2.75, 3.05) is 0 Å². The largest absolute Gasteiger partial charge is 0.478 e. The van der Waals surface area contributed by atoms with Gasteiger partial charge in [-0.05, 0) is 46.2 Å². The predicted molar refractivity (Wildman–Crippen MR) is 98.2 cm³/mol. The quantitative estimate of drug-likeness (QED) is 0.698. The van der Waals surface area contributed by atoms with E-state index in [0.29, 0.717) is 6.54 Å². The summed E-state index contributed by atoms with van der Waals surface area (Å²) in [5, 5.41) is 13.9. The molecule has 1 amide bonds. The molecule has 3 aromatic carbocycles. The van der Waals surface area contributed by atoms with Gasteiger partial charge in [0.2, 0.25) is 5.91 Å². The Hall–Kier alpha value is -3.40. The molecule has 0 aliphatic rings. The lowest BCUT2D eigenvalue weighted by atomic mass is 10.1. The SMILES string of the molecule is O=C(C=Cc1ccc2ccccc2c1)NCc1ccc(C(=O)O)cc1. The lowest BCUT2D eigenvalue weighted by Crippen LogP contribution is -2.20. The number of aromatic carboxylic acids is 1. The van der Waals surface area contributed by atoms with Gasteiger partial charge in [0.15, 0.2) is 0 Å². The van der Waals surface area contributed by atoms with Crippen molar-refractivity contribution in [3.63, 3.8) is 0 Å². The molecule has 0 unspecified atom stereocenters. The Labute approximate surface area is 145 Å². The lowest BCUT2D eigenvalue weighted by Gasteiger charge is -2.03. The van der Waals surface area contributed by atoms with Gasteiger partial charge in [0.25, 0.3) is 0 Å². The number of amides is 1. The zero-order valence-electron chi connectivity index (χ0n) is 13.5. The Morgan fingerprint density at radius 1 is 0.920 bits per heavy atom. The third-order valence-corrected chi connectivity index (χ3v) is 3.87. The van der Waals surface area contributed by atoms with Crippen molar-refractivity contribution in [1.82, 2.24) is 5.32 Å². The van der Waals surface area contributed by atoms with Crippen molar-refractivity contribution in [3.8, 4) is 0 Å². The maximum Gasteiger partial charge on any atom is 0.335 e. The predicted octanol–water partition coefficient (Wildman–Crippen LogP) is 3.87. The lowest BCUT2D eigenvalue weighted by molar-refractivity contribution is -0.116. The van der Waals surface area contributed by atoms with E-state index in [9.17, 15) is 9.59 Å². The van der Waals surface area contributed by atoms with Crippen LogP contribution in [0.4, 0.5) is 0 Å². The summed E-state index contributed by atoms with van der Waals surface area (Å²) in [7, 11) is 0. The molecule has 0 saturated heterocycles. The molecule has 124 valence electrons. The molecule has 0 heterocycles. The first-order valence-electron chi connectivity index (χ1n) is 7.89. The van der Waals surface area contributed by atoms with E-state index in [4.69, 9.17) is 5.11 Å². The number of fused-ring (bicyclic) bond motifs is 1. The van der Waals surface area contributed by atoms with Gasteiger partial charge in [-0.3, -0.25) is 4.79 Å². The summed E-state index contributed by atoms with van der Waals surface area (Å²) in [5.74, 6) is -1.16. The van der Waals surface area contributed by atoms with Crippen LogP contribution in [0, 0.1) is 0 Å². The molecule has 0 aromatic heterocycles. The van der Waals surface area contributed by atoms with Gasteiger partial charge >= 0.3 is 5.97 Å². The van der Waals surface area contributed by atoms with Crippen LogP contribution in [0.2, 0.25) is 0 Å². The average molecular weight is 331 g/mol. The van der Waals surface area contributed by atoms with Crippen LogP contribution >= 0.6 is 0 Å². The Morgan fingerprint density at radius 2 is 1.64 bits per heavy atom. The van der Waals surface area contributed by atoms with Gasteiger partial charge in [0.1, 0.15) is 0 Å². The van der Waals surface area contributed by atoms with Crippen LogP contribution in [-0.2, 0) is 11.3 Å². The fourth-order valence-electron chi connectivity index (χ4n) is 2.50. The zero-order valence-corrected chi connectivity index (χ0v) is 13.5. The number of hydrogen-bond donors (Lipinski definition) is 2. The fraction of sp³-hybridized carbons (Fsp3) is 0.0476. The van der Waals surface area contributed by atoms with E-state index in [1.165, 1.54) is 18.2 Å². The molecule has 3 rings (SSSR count). The Morgan fingerprint density at radius 3 is 2.36 bits per heavy atom. The smallest absolute Gasteiger partial charge is 0.335 e. The number of benzene rings is 3. The van der Waals surface area contributed by atoms with Crippen molar-refractivity contribution < 1.29 is 14.7 Å². The highest BCUT2D eigenvalue weighted by atomic mass is 16.4. The molecule has 0 saturated carbocycles. The number of carboxylic acid groups (broad SMARTS) is 1. The molecular weight excluding hydrogens is 314 g/mol. The topological polar surface area (TPSA) is 66.4 Å². The highest BCUT2D eigenvalue weighted by Crippen LogP contribution is 2.16. The molecular formula is C21H17NO3. The van der Waals surface area contributed by atoms with Crippen LogP contribution in [0.5, 0.6) is 0 Å². The maximum atomic E-state index is 11.9. The van der Waals surface area contributed by atoms with Crippen molar-refractivity contribution in [1.29, 1.82) is 0 Å². The average Bonchev–Trinajstić information content (AvgIpc) is 2.65. The Balaban J connectivity index is 1.59. The number of carbonyl (C=O) groups is 2. The van der Waals surface area contributed by atoms with Gasteiger partial charge < -0.3 is 10.4 Å². The van der Waals surface area contributed by atoms with E-state index >= 15 is 0 Å². The molecule has 0 fully saturated rings. The molecule has 4 nitrogen and oxygen atoms in total. The number of rotatable bonds is 5. The number of carbonyl (C=O) groups excluding carboxylic acids is 1. The van der Waals surface area contributed by atoms with E-state index in [2.05, 4.69) is 5.32 Å². The summed E-state index contributed by atoms with van der Waals surface area (Å²) in [6.07, 6.45) is 3.27. The van der Waals surface area contributed by atoms with Crippen molar-refractivity contribution in [2.24, 2.45) is 0 Å². The number of nitrogens with one attached hydrogen (secondary N) is 1. The van der Waals surface area contributed by atoms with Gasteiger partial charge in [-0.15, -0.1) is 0 Å². The molecule has 0 bridgehead atoms. The van der Waals surface area contributed by atoms with Crippen LogP contribution in [0.15, 0.2) is 72.8 Å². The van der Waals surface area contributed by atoms with E-state index in [-0.39, 0.29) is 11.5 Å². The second-order valence-electron chi connectivity index (χ2n) is 5.66. The van der Waals surface area contributed by atoms with Crippen molar-refractivity contribution in [3.05, 3.63) is 89.5 Å². The van der Waals surface area contributed by atoms with Crippen molar-refractivity contribution in [2.45, 2.75) is 6.54 Å². The van der Waals surface area contributed by atoms with E-state index < -0.39 is 5.97 Å². The molecule has 0 radical (unpaired) electrons. The normalized spacial score (nSPS) is 10.9. The third-order valence-electron chi connectivity index (χ3n) is 3.87. The number of carboxylic acids is 1. The van der Waals surface area contributed by atoms with Gasteiger partial charge in [0, 0.05) is 12.6 Å². The van der Waals surface area contributed by atoms with Gasteiger partial charge in [-0.1, -0.05) is 48.5 Å². The summed E-state index contributed by atoms with van der Waals surface area (Å²) in [5.41, 5.74) is 2.03. The fourth-order valence-corrected chi connectivity index (χ4v) is 2.50. The molecule has 0 aliphatic carbocycles. The van der Waals surface area contributed by atoms with E-state index in [0.717, 1.165) is 21.9 Å². The molecule has 0 spiro atoms. The molecule has 3 aromatic rings. The molecule has 2 N–H and O–H groups in total. The molecule has 4 heteroatoms. The highest BCUT2D eigenvalue weighted by molar-refractivity contribution is 5.93. The molecule has 0 atom stereocenters. The zero-order chi connectivity index (χ0) is 17.6. The van der Waals surface area contributed by atoms with Crippen LogP contribution in [-0.4, -0.2) is 17.0 Å². The summed E-state index contributed by atoms with van der Waals surface area (Å²) < 4.78 is 0. The first-order valence-corrected chi connectivity index (χ1v) is 7.89. The van der Waals surface area contributed by atoms with Gasteiger partial charge in [-0.2, -0.15) is 0 Å². The van der Waals surface area contributed by atoms with Crippen LogP contribution in [0.3, 0.4) is 0 Å². The van der Waals surface area contributed by atoms with E-state index in [1.54, 1.807) is 18.2 Å². The highest BCUT2D eigenvalue weighted by Gasteiger charge is 2.02. The van der Waals surface area contributed by atoms with Gasteiger partial charge in [0.05, 0.1) is 5.56 Å². The second-order valence-corrected chi connectivity index (χ2v) is 5.66. The summed E-state index contributed by atoms with van der Waals surface area (Å²) >= 11 is 0. The van der Waals surface area contributed by atoms with Crippen LogP contribution in [0.25, 0.3) is 16.8 Å². The second kappa shape index (κ2) is 7.45. The Kier molecular flexibility index (Phi) is 4.90. The van der Waals surface area contributed by atoms with Crippen LogP contribution in [0.1, 0.15) is 21.5 Å². The van der Waals surface area contributed by atoms with Crippen LogP contribution < -0.4 is 5.32 Å². The minimum Gasteiger partial charge on any atom is -0.478 e. The minimum atomic E-state index is -0.964. The maximum absolute atomic E-state index is 11.9. The third kappa shape index (κ3) is 4.32. The Bertz CT molecular complexity index is 943. The summed E-state index contributed by atoms with van der Waals surface area (Å²) in [4.78, 5) is 22.7. The minimum absolute atomic E-state index is 0.199. The first-order chi connectivity index (χ1) is 12.1. The standard InChI is InChI=1S/C21H17NO3/c23-20(22-14-16-6-10-18(11-7-16)21(24)25)12-8-15-5-9-17-3-1-2-4-19(17)13-15/h1-13H,14H2,(H,22,23)(H,24,25). The summed E-state index contributed by atoms with van der Waals surface area (Å²) in [6.45, 7) is 0.348. The van der Waals surface area contributed by atoms with Gasteiger partial charge in [-0.25, -0.2) is 4.79 Å². The monoisotopic (exact) mass is 331 g/mol. The molecule has 25 heavy (non-hydrogen) atoms. The summed E-state index contributed by atoms with van der Waals surface area (Å²) in [6, 6.07) is 20.5.